The van der Waals surface area contributed by atoms with Crippen LogP contribution >= 0.6 is 0 Å². The fourth-order valence-corrected chi connectivity index (χ4v) is 0.970. The molecule has 0 aliphatic rings. The van der Waals surface area contributed by atoms with Crippen LogP contribution in [0, 0.1) is 12.3 Å². The maximum absolute atomic E-state index is 5.30. The summed E-state index contributed by atoms with van der Waals surface area (Å²) in [5.74, 6) is 2.72. The van der Waals surface area contributed by atoms with Crippen molar-refractivity contribution in [3.63, 3.8) is 0 Å². The first-order valence-corrected chi connectivity index (χ1v) is 3.47. The Hall–Kier alpha value is -1.16. The Balaban J connectivity index is 2.76. The highest BCUT2D eigenvalue weighted by Gasteiger charge is 1.99. The van der Waals surface area contributed by atoms with Gasteiger partial charge in [-0.25, -0.2) is 0 Å². The summed E-state index contributed by atoms with van der Waals surface area (Å²) in [4.78, 5) is 0. The Kier molecular flexibility index (Phi) is 2.17. The van der Waals surface area contributed by atoms with Crippen molar-refractivity contribution in [2.45, 2.75) is 19.4 Å². The summed E-state index contributed by atoms with van der Waals surface area (Å²) in [6, 6.07) is 4.20. The molecule has 1 rings (SSSR count). The fourth-order valence-electron chi connectivity index (χ4n) is 0.970. The number of nitrogens with zero attached hydrogens (tertiary/aromatic N) is 1. The molecule has 1 heterocycles. The van der Waals surface area contributed by atoms with E-state index in [9.17, 15) is 0 Å². The van der Waals surface area contributed by atoms with E-state index in [0.29, 0.717) is 0 Å². The van der Waals surface area contributed by atoms with E-state index in [1.807, 2.05) is 29.1 Å². The average molecular weight is 133 g/mol. The molecule has 0 fully saturated rings. The van der Waals surface area contributed by atoms with Gasteiger partial charge in [-0.2, -0.15) is 0 Å². The standard InChI is InChI=1S/C9H11N/c1-3-9(4-2)10-7-5-6-8-10/h1,5-9H,4H2,2H3. The van der Waals surface area contributed by atoms with Gasteiger partial charge in [-0.05, 0) is 18.6 Å². The van der Waals surface area contributed by atoms with Crippen molar-refractivity contribution in [3.8, 4) is 12.3 Å². The summed E-state index contributed by atoms with van der Waals surface area (Å²) < 4.78 is 2.04. The third kappa shape index (κ3) is 1.22. The van der Waals surface area contributed by atoms with E-state index in [1.165, 1.54) is 0 Å². The van der Waals surface area contributed by atoms with E-state index < -0.39 is 0 Å². The van der Waals surface area contributed by atoms with Gasteiger partial charge in [-0.3, -0.25) is 0 Å². The molecular weight excluding hydrogens is 122 g/mol. The van der Waals surface area contributed by atoms with Gasteiger partial charge < -0.3 is 4.57 Å². The molecule has 0 saturated heterocycles. The Morgan fingerprint density at radius 2 is 2.10 bits per heavy atom. The van der Waals surface area contributed by atoms with Gasteiger partial charge in [0.1, 0.15) is 0 Å². The SMILES string of the molecule is C#CC(CC)n1cccc1. The van der Waals surface area contributed by atoms with Crippen molar-refractivity contribution in [3.05, 3.63) is 24.5 Å². The monoisotopic (exact) mass is 133 g/mol. The first-order chi connectivity index (χ1) is 4.88. The Labute approximate surface area is 61.7 Å². The number of hydrogen-bond donors (Lipinski definition) is 0. The lowest BCUT2D eigenvalue weighted by atomic mass is 10.2. The van der Waals surface area contributed by atoms with Gasteiger partial charge in [0, 0.05) is 12.4 Å². The van der Waals surface area contributed by atoms with Crippen LogP contribution in [0.1, 0.15) is 19.4 Å². The highest BCUT2D eigenvalue weighted by molar-refractivity contribution is 5.02. The van der Waals surface area contributed by atoms with Crippen LogP contribution in [0.3, 0.4) is 0 Å². The van der Waals surface area contributed by atoms with Gasteiger partial charge in [0.2, 0.25) is 0 Å². The zero-order chi connectivity index (χ0) is 7.40. The molecule has 1 atom stereocenters. The van der Waals surface area contributed by atoms with Crippen molar-refractivity contribution < 1.29 is 0 Å². The van der Waals surface area contributed by atoms with Crippen molar-refractivity contribution in [1.29, 1.82) is 0 Å². The zero-order valence-corrected chi connectivity index (χ0v) is 6.12. The first-order valence-electron chi connectivity index (χ1n) is 3.47. The molecule has 0 aliphatic carbocycles. The smallest absolute Gasteiger partial charge is 0.0935 e. The van der Waals surface area contributed by atoms with E-state index in [4.69, 9.17) is 6.42 Å². The molecule has 1 aromatic heterocycles. The second-order valence-electron chi connectivity index (χ2n) is 2.22. The minimum absolute atomic E-state index is 0.231. The molecule has 1 heteroatoms. The predicted molar refractivity (Wildman–Crippen MR) is 42.6 cm³/mol. The van der Waals surface area contributed by atoms with Crippen LogP contribution in [0.25, 0.3) is 0 Å². The van der Waals surface area contributed by atoms with Crippen LogP contribution in [0.15, 0.2) is 24.5 Å². The van der Waals surface area contributed by atoms with Gasteiger partial charge in [0.05, 0.1) is 6.04 Å². The van der Waals surface area contributed by atoms with E-state index in [0.717, 1.165) is 6.42 Å². The van der Waals surface area contributed by atoms with Gasteiger partial charge in [-0.15, -0.1) is 6.42 Å². The van der Waals surface area contributed by atoms with E-state index in [2.05, 4.69) is 12.8 Å². The second kappa shape index (κ2) is 3.12. The molecule has 1 aromatic rings. The molecule has 0 bridgehead atoms. The lowest BCUT2D eigenvalue weighted by Gasteiger charge is -2.08. The molecular formula is C9H11N. The third-order valence-corrected chi connectivity index (χ3v) is 1.57. The van der Waals surface area contributed by atoms with Crippen LogP contribution < -0.4 is 0 Å². The van der Waals surface area contributed by atoms with E-state index in [-0.39, 0.29) is 6.04 Å². The summed E-state index contributed by atoms with van der Waals surface area (Å²) in [6.45, 7) is 2.09. The normalized spacial score (nSPS) is 12.4. The molecule has 0 spiro atoms. The quantitative estimate of drug-likeness (QED) is 0.544. The van der Waals surface area contributed by atoms with Gasteiger partial charge in [0.25, 0.3) is 0 Å². The molecule has 1 nitrogen and oxygen atoms in total. The summed E-state index contributed by atoms with van der Waals surface area (Å²) in [5.41, 5.74) is 0. The van der Waals surface area contributed by atoms with Gasteiger partial charge in [0.15, 0.2) is 0 Å². The van der Waals surface area contributed by atoms with Gasteiger partial charge in [-0.1, -0.05) is 12.8 Å². The maximum atomic E-state index is 5.30. The molecule has 0 saturated carbocycles. The first kappa shape index (κ1) is 6.95. The van der Waals surface area contributed by atoms with E-state index >= 15 is 0 Å². The highest BCUT2D eigenvalue weighted by Crippen LogP contribution is 2.08. The third-order valence-electron chi connectivity index (χ3n) is 1.57. The number of terminal acetylenes is 1. The van der Waals surface area contributed by atoms with Crippen LogP contribution in [0.5, 0.6) is 0 Å². The Morgan fingerprint density at radius 3 is 2.50 bits per heavy atom. The summed E-state index contributed by atoms with van der Waals surface area (Å²) in [7, 11) is 0. The molecule has 1 unspecified atom stereocenters. The molecule has 0 N–H and O–H groups in total. The molecule has 0 radical (unpaired) electrons. The minimum Gasteiger partial charge on any atom is -0.340 e. The molecule has 0 aliphatic heterocycles. The topological polar surface area (TPSA) is 4.93 Å². The molecule has 0 amide bonds. The fraction of sp³-hybridized carbons (Fsp3) is 0.333. The second-order valence-corrected chi connectivity index (χ2v) is 2.22. The van der Waals surface area contributed by atoms with Crippen molar-refractivity contribution in [1.82, 2.24) is 4.57 Å². The lowest BCUT2D eigenvalue weighted by molar-refractivity contribution is 0.607. The minimum atomic E-state index is 0.231. The van der Waals surface area contributed by atoms with Gasteiger partial charge >= 0.3 is 0 Å². The van der Waals surface area contributed by atoms with Crippen molar-refractivity contribution in [2.75, 3.05) is 0 Å². The summed E-state index contributed by atoms with van der Waals surface area (Å²) in [6.07, 6.45) is 10.3. The van der Waals surface area contributed by atoms with Crippen molar-refractivity contribution in [2.24, 2.45) is 0 Å². The average Bonchev–Trinajstić information content (AvgIpc) is 2.43. The number of aromatic nitrogens is 1. The number of hydrogen-bond acceptors (Lipinski definition) is 0. The molecule has 0 aromatic carbocycles. The van der Waals surface area contributed by atoms with Crippen molar-refractivity contribution >= 4 is 0 Å². The van der Waals surface area contributed by atoms with E-state index in [1.54, 1.807) is 0 Å². The molecule has 52 valence electrons. The van der Waals surface area contributed by atoms with Crippen LogP contribution in [-0.4, -0.2) is 4.57 Å². The Morgan fingerprint density at radius 1 is 1.50 bits per heavy atom. The number of rotatable bonds is 2. The Bertz CT molecular complexity index is 215. The maximum Gasteiger partial charge on any atom is 0.0935 e. The summed E-state index contributed by atoms with van der Waals surface area (Å²) >= 11 is 0. The largest absolute Gasteiger partial charge is 0.340 e. The highest BCUT2D eigenvalue weighted by atomic mass is 15.0. The van der Waals surface area contributed by atoms with Crippen LogP contribution in [0.2, 0.25) is 0 Å². The molecule has 10 heavy (non-hydrogen) atoms. The van der Waals surface area contributed by atoms with Crippen LogP contribution in [-0.2, 0) is 0 Å². The van der Waals surface area contributed by atoms with Crippen LogP contribution in [0.4, 0.5) is 0 Å². The lowest BCUT2D eigenvalue weighted by Crippen LogP contribution is -2.01. The summed E-state index contributed by atoms with van der Waals surface area (Å²) in [5, 5.41) is 0. The predicted octanol–water partition coefficient (Wildman–Crippen LogP) is 2.07. The zero-order valence-electron chi connectivity index (χ0n) is 6.12.